The molecule has 0 saturated carbocycles. The third-order valence-corrected chi connectivity index (χ3v) is 4.66. The first-order chi connectivity index (χ1) is 7.39. The Hall–Kier alpha value is -0.380. The molecule has 0 heterocycles. The molecule has 0 saturated heterocycles. The van der Waals surface area contributed by atoms with Crippen LogP contribution in [0.25, 0.3) is 0 Å². The van der Waals surface area contributed by atoms with Gasteiger partial charge in [-0.2, -0.15) is 8.42 Å². The minimum atomic E-state index is -3.73. The largest absolute Gasteiger partial charge is 0.330 e. The zero-order valence-electron chi connectivity index (χ0n) is 9.21. The van der Waals surface area contributed by atoms with Crippen LogP contribution in [0.5, 0.6) is 0 Å². The Labute approximate surface area is 95.9 Å². The van der Waals surface area contributed by atoms with Crippen molar-refractivity contribution in [1.82, 2.24) is 0 Å². The predicted octanol–water partition coefficient (Wildman–Crippen LogP) is 0.842. The van der Waals surface area contributed by atoms with Gasteiger partial charge in [0.05, 0.1) is 12.4 Å². The minimum absolute atomic E-state index is 0.175. The van der Waals surface area contributed by atoms with Crippen molar-refractivity contribution >= 4 is 17.7 Å². The van der Waals surface area contributed by atoms with Crippen LogP contribution in [0.15, 0.2) is 0 Å². The maximum Gasteiger partial charge on any atom is 0.330 e. The first kappa shape index (κ1) is 15.6. The summed E-state index contributed by atoms with van der Waals surface area (Å²) in [5.74, 6) is 1.62. The molecule has 0 aliphatic rings. The molecule has 94 valence electrons. The predicted molar refractivity (Wildman–Crippen MR) is 59.7 cm³/mol. The van der Waals surface area contributed by atoms with Crippen molar-refractivity contribution < 1.29 is 26.2 Å². The average molecular weight is 270 g/mol. The summed E-state index contributed by atoms with van der Waals surface area (Å²) in [6.45, 7) is 1.04. The third-order valence-electron chi connectivity index (χ3n) is 1.61. The van der Waals surface area contributed by atoms with Crippen molar-refractivity contribution in [3.05, 3.63) is 0 Å². The van der Waals surface area contributed by atoms with Gasteiger partial charge < -0.3 is 9.05 Å². The average Bonchev–Trinajstić information content (AvgIpc) is 2.26. The van der Waals surface area contributed by atoms with E-state index in [1.165, 1.54) is 7.11 Å². The molecular formula is C8H15O6PS. The van der Waals surface area contributed by atoms with Gasteiger partial charge in [-0.3, -0.25) is 8.75 Å². The van der Waals surface area contributed by atoms with Crippen LogP contribution in [-0.2, 0) is 27.9 Å². The van der Waals surface area contributed by atoms with E-state index >= 15 is 0 Å². The summed E-state index contributed by atoms with van der Waals surface area (Å²) in [6.07, 6.45) is 5.02. The lowest BCUT2D eigenvalue weighted by Gasteiger charge is -2.13. The van der Waals surface area contributed by atoms with E-state index in [0.29, 0.717) is 0 Å². The van der Waals surface area contributed by atoms with Crippen molar-refractivity contribution in [3.8, 4) is 12.3 Å². The van der Waals surface area contributed by atoms with Crippen LogP contribution in [0.1, 0.15) is 6.92 Å². The van der Waals surface area contributed by atoms with Crippen LogP contribution in [0.4, 0.5) is 0 Å². The van der Waals surface area contributed by atoms with Gasteiger partial charge in [0.2, 0.25) is 0 Å². The molecule has 0 N–H and O–H groups in total. The second kappa shape index (κ2) is 7.05. The lowest BCUT2D eigenvalue weighted by molar-refractivity contribution is 0.243. The maximum atomic E-state index is 11.5. The van der Waals surface area contributed by atoms with Gasteiger partial charge in [0.1, 0.15) is 6.61 Å². The fourth-order valence-corrected chi connectivity index (χ4v) is 2.43. The fraction of sp³-hybridized carbons (Fsp3) is 0.750. The van der Waals surface area contributed by atoms with Crippen molar-refractivity contribution in [3.63, 3.8) is 0 Å². The first-order valence-electron chi connectivity index (χ1n) is 4.49. The van der Waals surface area contributed by atoms with Crippen LogP contribution >= 0.6 is 7.60 Å². The molecule has 0 radical (unpaired) electrons. The second-order valence-corrected chi connectivity index (χ2v) is 6.91. The Morgan fingerprint density at radius 3 is 2.50 bits per heavy atom. The normalized spacial score (nSPS) is 15.3. The van der Waals surface area contributed by atoms with Crippen LogP contribution in [-0.4, -0.2) is 40.7 Å². The molecule has 0 spiro atoms. The number of terminal acetylenes is 1. The van der Waals surface area contributed by atoms with E-state index in [1.807, 2.05) is 5.92 Å². The highest BCUT2D eigenvalue weighted by molar-refractivity contribution is 7.86. The van der Waals surface area contributed by atoms with E-state index in [2.05, 4.69) is 8.71 Å². The molecule has 0 amide bonds. The summed E-state index contributed by atoms with van der Waals surface area (Å²) < 4.78 is 47.7. The van der Waals surface area contributed by atoms with Crippen LogP contribution in [0, 0.1) is 12.3 Å². The highest BCUT2D eigenvalue weighted by atomic mass is 32.2. The van der Waals surface area contributed by atoms with Gasteiger partial charge in [-0.1, -0.05) is 12.8 Å². The second-order valence-electron chi connectivity index (χ2n) is 2.67. The minimum Gasteiger partial charge on any atom is -0.312 e. The summed E-state index contributed by atoms with van der Waals surface area (Å²) in [7, 11) is -5.64. The summed E-state index contributed by atoms with van der Waals surface area (Å²) in [6, 6.07) is 0. The molecule has 16 heavy (non-hydrogen) atoms. The maximum absolute atomic E-state index is 11.5. The van der Waals surface area contributed by atoms with Crippen molar-refractivity contribution in [1.29, 1.82) is 0 Å². The molecular weight excluding hydrogens is 255 g/mol. The third kappa shape index (κ3) is 6.26. The lowest BCUT2D eigenvalue weighted by Crippen LogP contribution is -2.15. The van der Waals surface area contributed by atoms with Crippen LogP contribution in [0.2, 0.25) is 0 Å². The Bertz CT molecular complexity index is 374. The zero-order chi connectivity index (χ0) is 12.7. The Morgan fingerprint density at radius 1 is 1.44 bits per heavy atom. The van der Waals surface area contributed by atoms with Crippen LogP contribution in [0.3, 0.4) is 0 Å². The van der Waals surface area contributed by atoms with E-state index in [-0.39, 0.29) is 19.4 Å². The Balaban J connectivity index is 4.08. The smallest absolute Gasteiger partial charge is 0.312 e. The highest BCUT2D eigenvalue weighted by Crippen LogP contribution is 2.46. The summed E-state index contributed by atoms with van der Waals surface area (Å²) in [5.41, 5.74) is 0. The lowest BCUT2D eigenvalue weighted by atomic mass is 10.8. The van der Waals surface area contributed by atoms with Gasteiger partial charge >= 0.3 is 7.60 Å². The van der Waals surface area contributed by atoms with E-state index in [0.717, 1.165) is 0 Å². The molecule has 0 aliphatic heterocycles. The number of hydrogen-bond donors (Lipinski definition) is 0. The van der Waals surface area contributed by atoms with E-state index in [4.69, 9.17) is 10.9 Å². The molecule has 0 aromatic rings. The van der Waals surface area contributed by atoms with Crippen molar-refractivity contribution in [2.45, 2.75) is 6.92 Å². The monoisotopic (exact) mass is 270 g/mol. The topological polar surface area (TPSA) is 78.9 Å². The van der Waals surface area contributed by atoms with Gasteiger partial charge in [0.15, 0.2) is 0 Å². The zero-order valence-corrected chi connectivity index (χ0v) is 10.9. The molecule has 0 aromatic heterocycles. The SMILES string of the molecule is C#CCOS(=O)(=O)CCOP(=O)(CC)OC. The molecule has 6 nitrogen and oxygen atoms in total. The molecule has 0 bridgehead atoms. The number of hydrogen-bond acceptors (Lipinski definition) is 6. The molecule has 0 rings (SSSR count). The van der Waals surface area contributed by atoms with Crippen molar-refractivity contribution in [2.24, 2.45) is 0 Å². The molecule has 0 aromatic carbocycles. The quantitative estimate of drug-likeness (QED) is 0.369. The standard InChI is InChI=1S/C8H15O6PS/c1-4-6-14-16(10,11)8-7-13-15(9,5-2)12-3/h1H,5-8H2,2-3H3. The van der Waals surface area contributed by atoms with Gasteiger partial charge in [-0.05, 0) is 0 Å². The van der Waals surface area contributed by atoms with E-state index < -0.39 is 23.5 Å². The molecule has 0 aliphatic carbocycles. The van der Waals surface area contributed by atoms with Gasteiger partial charge in [-0.15, -0.1) is 6.42 Å². The Morgan fingerprint density at radius 2 is 2.06 bits per heavy atom. The molecule has 1 unspecified atom stereocenters. The summed E-state index contributed by atoms with van der Waals surface area (Å²) >= 11 is 0. The number of rotatable bonds is 8. The summed E-state index contributed by atoms with van der Waals surface area (Å²) in [5, 5.41) is 0. The van der Waals surface area contributed by atoms with Crippen molar-refractivity contribution in [2.75, 3.05) is 32.2 Å². The highest BCUT2D eigenvalue weighted by Gasteiger charge is 2.21. The van der Waals surface area contributed by atoms with Crippen LogP contribution < -0.4 is 0 Å². The van der Waals surface area contributed by atoms with Gasteiger partial charge in [-0.25, -0.2) is 0 Å². The summed E-state index contributed by atoms with van der Waals surface area (Å²) in [4.78, 5) is 0. The van der Waals surface area contributed by atoms with E-state index in [1.54, 1.807) is 6.92 Å². The molecule has 0 fully saturated rings. The van der Waals surface area contributed by atoms with Gasteiger partial charge in [0.25, 0.3) is 10.1 Å². The van der Waals surface area contributed by atoms with Gasteiger partial charge in [0, 0.05) is 13.3 Å². The van der Waals surface area contributed by atoms with E-state index in [9.17, 15) is 13.0 Å². The molecule has 8 heteroatoms. The first-order valence-corrected chi connectivity index (χ1v) is 7.79. The fourth-order valence-electron chi connectivity index (χ4n) is 0.734. The Kier molecular flexibility index (Phi) is 6.88. The molecule has 1 atom stereocenters.